The van der Waals surface area contributed by atoms with Crippen molar-refractivity contribution in [2.45, 2.75) is 30.6 Å². The van der Waals surface area contributed by atoms with E-state index in [-0.39, 0.29) is 4.74 Å². The van der Waals surface area contributed by atoms with Crippen molar-refractivity contribution < 1.29 is 29.9 Å². The minimum Gasteiger partial charge on any atom is -0.622 e. The Balaban J connectivity index is 2.78. The van der Waals surface area contributed by atoms with Gasteiger partial charge in [-0.25, -0.2) is 0 Å². The quantitative estimate of drug-likeness (QED) is 0.166. The molecular weight excluding hydrogens is 194 g/mol. The minimum absolute atomic E-state index is 0.0719. The first-order valence-electron chi connectivity index (χ1n) is 4.06. The normalized spacial score (nSPS) is 43.6. The largest absolute Gasteiger partial charge is 0.622 e. The Morgan fingerprint density at radius 2 is 1.79 bits per heavy atom. The smallest absolute Gasteiger partial charge is 0.296 e. The summed E-state index contributed by atoms with van der Waals surface area (Å²) in [6.07, 6.45) is -7.00. The van der Waals surface area contributed by atoms with Crippen LogP contribution in [-0.2, 0) is 4.74 Å². The fraction of sp³-hybridized carbons (Fsp3) is 0.857. The van der Waals surface area contributed by atoms with Crippen LogP contribution < -0.4 is 0 Å². The number of ether oxygens (including phenoxy) is 1. The van der Waals surface area contributed by atoms with Crippen LogP contribution in [0.2, 0.25) is 0 Å². The third kappa shape index (κ3) is 1.86. The van der Waals surface area contributed by atoms with Gasteiger partial charge in [0.2, 0.25) is 0 Å². The number of nitrogens with zero attached hydrogens (tertiary/aromatic N) is 1. The average molecular weight is 207 g/mol. The lowest BCUT2D eigenvalue weighted by Gasteiger charge is -2.37. The molecule has 0 radical (unpaired) electrons. The number of aliphatic hydroxyl groups excluding tert-OH is 4. The summed E-state index contributed by atoms with van der Waals surface area (Å²) >= 11 is 0. The third-order valence-electron chi connectivity index (χ3n) is 2.15. The van der Waals surface area contributed by atoms with E-state index < -0.39 is 37.3 Å². The molecule has 0 aliphatic carbocycles. The lowest BCUT2D eigenvalue weighted by Crippen LogP contribution is -2.60. The molecule has 5 atom stereocenters. The van der Waals surface area contributed by atoms with Crippen LogP contribution in [0.25, 0.3) is 0 Å². The third-order valence-corrected chi connectivity index (χ3v) is 2.15. The zero-order valence-corrected chi connectivity index (χ0v) is 7.35. The van der Waals surface area contributed by atoms with Crippen LogP contribution in [0.5, 0.6) is 0 Å². The van der Waals surface area contributed by atoms with Crippen LogP contribution >= 0.6 is 0 Å². The first-order chi connectivity index (χ1) is 6.49. The van der Waals surface area contributed by atoms with E-state index in [4.69, 9.17) is 9.84 Å². The summed E-state index contributed by atoms with van der Waals surface area (Å²) < 4.78 is 4.90. The van der Waals surface area contributed by atoms with Gasteiger partial charge in [0.25, 0.3) is 6.23 Å². The molecule has 1 heterocycles. The maximum Gasteiger partial charge on any atom is 0.296 e. The minimum atomic E-state index is -1.55. The summed E-state index contributed by atoms with van der Waals surface area (Å²) in [7, 11) is 0. The van der Waals surface area contributed by atoms with Crippen molar-refractivity contribution in [2.24, 2.45) is 0 Å². The fourth-order valence-corrected chi connectivity index (χ4v) is 1.32. The van der Waals surface area contributed by atoms with Gasteiger partial charge in [0.1, 0.15) is 25.0 Å². The Bertz CT molecular complexity index is 220. The van der Waals surface area contributed by atoms with Crippen molar-refractivity contribution >= 4 is 6.72 Å². The molecule has 1 rings (SSSR count). The molecule has 7 heteroatoms. The van der Waals surface area contributed by atoms with E-state index in [1.807, 2.05) is 0 Å². The highest BCUT2D eigenvalue weighted by Gasteiger charge is 2.47. The molecule has 1 aliphatic rings. The van der Waals surface area contributed by atoms with Gasteiger partial charge >= 0.3 is 0 Å². The fourth-order valence-electron chi connectivity index (χ4n) is 1.32. The standard InChI is InChI=1S/C7H13NO6/c1-8(13)7-6(12)5(11)4(10)3(2-9)14-7/h3-7,9-12H,1-2H2/t3-,4-,5+,6+,7?/m1/s1. The molecule has 7 nitrogen and oxygen atoms in total. The molecule has 1 aliphatic heterocycles. The lowest BCUT2D eigenvalue weighted by atomic mass is 9.98. The Labute approximate surface area is 80.1 Å². The van der Waals surface area contributed by atoms with E-state index in [0.717, 1.165) is 0 Å². The van der Waals surface area contributed by atoms with Gasteiger partial charge < -0.3 is 30.4 Å². The Kier molecular flexibility index (Phi) is 3.40. The molecule has 0 aromatic heterocycles. The number of rotatable bonds is 2. The molecule has 14 heavy (non-hydrogen) atoms. The second-order valence-corrected chi connectivity index (χ2v) is 3.14. The van der Waals surface area contributed by atoms with Gasteiger partial charge in [-0.1, -0.05) is 0 Å². The lowest BCUT2D eigenvalue weighted by molar-refractivity contribution is -0.581. The molecule has 0 aromatic carbocycles. The maximum absolute atomic E-state index is 10.8. The highest BCUT2D eigenvalue weighted by molar-refractivity contribution is 5.15. The number of hydrogen-bond acceptors (Lipinski definition) is 6. The van der Waals surface area contributed by atoms with E-state index in [1.165, 1.54) is 0 Å². The topological polar surface area (TPSA) is 116 Å². The van der Waals surface area contributed by atoms with Crippen molar-refractivity contribution in [1.82, 2.24) is 0 Å². The molecule has 1 saturated heterocycles. The molecule has 1 fully saturated rings. The van der Waals surface area contributed by atoms with Gasteiger partial charge in [0, 0.05) is 0 Å². The zero-order chi connectivity index (χ0) is 10.9. The monoisotopic (exact) mass is 207 g/mol. The Morgan fingerprint density at radius 3 is 2.21 bits per heavy atom. The summed E-state index contributed by atoms with van der Waals surface area (Å²) in [5, 5.41) is 47.4. The van der Waals surface area contributed by atoms with E-state index >= 15 is 0 Å². The molecule has 1 unspecified atom stereocenters. The van der Waals surface area contributed by atoms with Crippen LogP contribution in [0.1, 0.15) is 0 Å². The molecule has 0 amide bonds. The maximum atomic E-state index is 10.8. The highest BCUT2D eigenvalue weighted by atomic mass is 16.6. The SMILES string of the molecule is C=[N+]([O-])C1O[C@H](CO)[C@@H](O)[C@H](O)[C@@H]1O. The summed E-state index contributed by atoms with van der Waals surface area (Å²) in [6.45, 7) is 2.40. The van der Waals surface area contributed by atoms with Gasteiger partial charge in [0.15, 0.2) is 6.10 Å². The molecule has 0 spiro atoms. The molecule has 82 valence electrons. The number of hydroxylamine groups is 1. The van der Waals surface area contributed by atoms with Crippen LogP contribution in [0.4, 0.5) is 0 Å². The molecular formula is C7H13NO6. The van der Waals surface area contributed by atoms with Crippen molar-refractivity contribution in [1.29, 1.82) is 0 Å². The van der Waals surface area contributed by atoms with E-state index in [1.54, 1.807) is 0 Å². The number of hydrogen-bond donors (Lipinski definition) is 4. The van der Waals surface area contributed by atoms with Crippen LogP contribution in [0, 0.1) is 5.21 Å². The van der Waals surface area contributed by atoms with E-state index in [9.17, 15) is 20.5 Å². The second-order valence-electron chi connectivity index (χ2n) is 3.14. The van der Waals surface area contributed by atoms with Crippen LogP contribution in [-0.4, -0.2) is 69.1 Å². The predicted molar refractivity (Wildman–Crippen MR) is 44.5 cm³/mol. The van der Waals surface area contributed by atoms with Crippen LogP contribution in [0.15, 0.2) is 0 Å². The summed E-state index contributed by atoms with van der Waals surface area (Å²) in [5.41, 5.74) is 0. The van der Waals surface area contributed by atoms with Crippen molar-refractivity contribution in [2.75, 3.05) is 6.61 Å². The summed E-state index contributed by atoms with van der Waals surface area (Å²) in [6, 6.07) is 0. The van der Waals surface area contributed by atoms with Crippen LogP contribution in [0.3, 0.4) is 0 Å². The highest BCUT2D eigenvalue weighted by Crippen LogP contribution is 2.20. The van der Waals surface area contributed by atoms with E-state index in [2.05, 4.69) is 6.72 Å². The second kappa shape index (κ2) is 4.20. The first-order valence-corrected chi connectivity index (χ1v) is 4.06. The summed E-state index contributed by atoms with van der Waals surface area (Å²) in [5.74, 6) is 0. The summed E-state index contributed by atoms with van der Waals surface area (Å²) in [4.78, 5) is 0. The van der Waals surface area contributed by atoms with Gasteiger partial charge in [0.05, 0.1) is 6.61 Å². The van der Waals surface area contributed by atoms with Crippen molar-refractivity contribution in [3.63, 3.8) is 0 Å². The van der Waals surface area contributed by atoms with Crippen molar-refractivity contribution in [3.05, 3.63) is 5.21 Å². The molecule has 0 aromatic rings. The van der Waals surface area contributed by atoms with Gasteiger partial charge in [-0.3, -0.25) is 0 Å². The molecule has 0 bridgehead atoms. The van der Waals surface area contributed by atoms with Gasteiger partial charge in [-0.2, -0.15) is 4.74 Å². The van der Waals surface area contributed by atoms with Gasteiger partial charge in [-0.05, 0) is 0 Å². The number of aliphatic hydroxyl groups is 4. The predicted octanol–water partition coefficient (Wildman–Crippen LogP) is -3.00. The molecule has 0 saturated carbocycles. The Morgan fingerprint density at radius 1 is 1.21 bits per heavy atom. The van der Waals surface area contributed by atoms with E-state index in [0.29, 0.717) is 0 Å². The Hall–Kier alpha value is -0.730. The van der Waals surface area contributed by atoms with Crippen molar-refractivity contribution in [3.8, 4) is 0 Å². The average Bonchev–Trinajstić information content (AvgIpc) is 2.14. The molecule has 4 N–H and O–H groups in total. The van der Waals surface area contributed by atoms with Gasteiger partial charge in [-0.15, -0.1) is 0 Å². The first kappa shape index (κ1) is 11.3. The zero-order valence-electron chi connectivity index (χ0n) is 7.35.